The van der Waals surface area contributed by atoms with Crippen molar-refractivity contribution in [3.63, 3.8) is 0 Å². The number of sulfonamides is 1. The Bertz CT molecular complexity index is 1170. The molecule has 8 heteroatoms. The van der Waals surface area contributed by atoms with Crippen LogP contribution in [0.4, 0.5) is 11.4 Å². The summed E-state index contributed by atoms with van der Waals surface area (Å²) in [5, 5.41) is 4.35. The highest BCUT2D eigenvalue weighted by atomic mass is 35.5. The number of para-hydroxylation sites is 1. The van der Waals surface area contributed by atoms with Gasteiger partial charge in [-0.25, -0.2) is 8.42 Å². The third-order valence-electron chi connectivity index (χ3n) is 5.77. The molecule has 0 spiro atoms. The van der Waals surface area contributed by atoms with Gasteiger partial charge in [-0.1, -0.05) is 55.4 Å². The van der Waals surface area contributed by atoms with Crippen molar-refractivity contribution in [2.75, 3.05) is 16.3 Å². The van der Waals surface area contributed by atoms with Gasteiger partial charge in [0, 0.05) is 27.6 Å². The number of halogens is 1. The highest BCUT2D eigenvalue weighted by molar-refractivity contribution is 8.01. The van der Waals surface area contributed by atoms with Crippen LogP contribution in [0.1, 0.15) is 37.8 Å². The first-order chi connectivity index (χ1) is 13.8. The first-order valence-corrected chi connectivity index (χ1v) is 12.8. The van der Waals surface area contributed by atoms with Crippen LogP contribution >= 0.6 is 23.4 Å². The number of alkyl halides is 1. The summed E-state index contributed by atoms with van der Waals surface area (Å²) >= 11 is 7.87. The predicted octanol–water partition coefficient (Wildman–Crippen LogP) is 5.69. The molecular formula is C21H24ClN3O2S2. The van der Waals surface area contributed by atoms with E-state index in [2.05, 4.69) is 47.1 Å². The molecule has 0 fully saturated rings. The van der Waals surface area contributed by atoms with Gasteiger partial charge in [-0.2, -0.15) is 0 Å². The Morgan fingerprint density at radius 3 is 2.66 bits per heavy atom. The lowest BCUT2D eigenvalue weighted by molar-refractivity contribution is 0.482. The molecule has 2 heterocycles. The number of hydrogen-bond acceptors (Lipinski definition) is 4. The molecule has 2 aromatic carbocycles. The molecule has 1 atom stereocenters. The Hall–Kier alpha value is -1.83. The van der Waals surface area contributed by atoms with Crippen molar-refractivity contribution in [2.24, 2.45) is 0 Å². The number of rotatable bonds is 6. The van der Waals surface area contributed by atoms with Gasteiger partial charge in [-0.05, 0) is 42.2 Å². The van der Waals surface area contributed by atoms with E-state index in [4.69, 9.17) is 11.6 Å². The van der Waals surface area contributed by atoms with Crippen LogP contribution in [-0.4, -0.2) is 24.5 Å². The second-order valence-electron chi connectivity index (χ2n) is 7.38. The Balaban J connectivity index is 1.87. The van der Waals surface area contributed by atoms with Crippen molar-refractivity contribution in [2.45, 2.75) is 41.8 Å². The second kappa shape index (κ2) is 7.45. The Morgan fingerprint density at radius 2 is 1.97 bits per heavy atom. The number of aromatic amines is 1. The maximum absolute atomic E-state index is 11.8. The minimum atomic E-state index is -3.36. The normalized spacial score (nSPS) is 16.6. The number of thioether (sulfide) groups is 1. The van der Waals surface area contributed by atoms with Crippen molar-refractivity contribution < 1.29 is 8.42 Å². The summed E-state index contributed by atoms with van der Waals surface area (Å²) in [6, 6.07) is 12.2. The van der Waals surface area contributed by atoms with Gasteiger partial charge < -0.3 is 10.3 Å². The minimum absolute atomic E-state index is 0.143. The molecule has 0 bridgehead atoms. The number of fused-ring (bicyclic) bond motifs is 2. The smallest absolute Gasteiger partial charge is 0.229 e. The predicted molar refractivity (Wildman–Crippen MR) is 124 cm³/mol. The molecule has 4 rings (SSSR count). The lowest BCUT2D eigenvalue weighted by atomic mass is 9.70. The maximum Gasteiger partial charge on any atom is 0.229 e. The average molecular weight is 450 g/mol. The van der Waals surface area contributed by atoms with E-state index in [0.29, 0.717) is 5.69 Å². The molecule has 0 saturated carbocycles. The van der Waals surface area contributed by atoms with Gasteiger partial charge in [0.1, 0.15) is 0 Å². The zero-order valence-corrected chi connectivity index (χ0v) is 18.9. The standard InChI is InChI=1S/C21H24ClN3O2S2/c1-4-21(5-2,13-9-10-18-17(11-13)24-20(22)28-18)15-12-23-19-14(15)7-6-8-16(19)25-29(3,26)27/h6-12,20,23-25H,4-5H2,1-3H3. The summed E-state index contributed by atoms with van der Waals surface area (Å²) in [7, 11) is -3.36. The Morgan fingerprint density at radius 1 is 1.21 bits per heavy atom. The highest BCUT2D eigenvalue weighted by Crippen LogP contribution is 2.47. The van der Waals surface area contributed by atoms with E-state index in [1.54, 1.807) is 17.8 Å². The first-order valence-electron chi connectivity index (χ1n) is 9.57. The molecule has 29 heavy (non-hydrogen) atoms. The van der Waals surface area contributed by atoms with Crippen molar-refractivity contribution >= 4 is 55.7 Å². The molecule has 1 aliphatic heterocycles. The van der Waals surface area contributed by atoms with E-state index in [1.807, 2.05) is 18.3 Å². The number of H-pyrrole nitrogens is 1. The number of aromatic nitrogens is 1. The third-order valence-corrected chi connectivity index (χ3v) is 7.67. The topological polar surface area (TPSA) is 74.0 Å². The summed E-state index contributed by atoms with van der Waals surface area (Å²) in [5.41, 5.74) is 4.63. The van der Waals surface area contributed by atoms with Crippen LogP contribution in [0.25, 0.3) is 10.9 Å². The van der Waals surface area contributed by atoms with Gasteiger partial charge >= 0.3 is 0 Å². The maximum atomic E-state index is 11.8. The summed E-state index contributed by atoms with van der Waals surface area (Å²) in [4.78, 5) is 4.33. The molecular weight excluding hydrogens is 426 g/mol. The summed E-state index contributed by atoms with van der Waals surface area (Å²) in [5.74, 6) is 0. The molecule has 0 saturated heterocycles. The summed E-state index contributed by atoms with van der Waals surface area (Å²) < 4.78 is 26.2. The molecule has 3 N–H and O–H groups in total. The van der Waals surface area contributed by atoms with Crippen molar-refractivity contribution in [3.8, 4) is 0 Å². The quantitative estimate of drug-likeness (QED) is 0.334. The minimum Gasteiger partial charge on any atom is -0.360 e. The van der Waals surface area contributed by atoms with Crippen LogP contribution in [0.15, 0.2) is 47.5 Å². The molecule has 0 amide bonds. The fourth-order valence-corrected chi connectivity index (χ4v) is 6.11. The van der Waals surface area contributed by atoms with Crippen LogP contribution in [0.5, 0.6) is 0 Å². The van der Waals surface area contributed by atoms with E-state index >= 15 is 0 Å². The lowest BCUT2D eigenvalue weighted by Crippen LogP contribution is -2.26. The van der Waals surface area contributed by atoms with E-state index in [0.717, 1.165) is 40.6 Å². The zero-order chi connectivity index (χ0) is 20.8. The van der Waals surface area contributed by atoms with Crippen LogP contribution < -0.4 is 10.0 Å². The summed E-state index contributed by atoms with van der Waals surface area (Å²) in [6.45, 7) is 4.39. The fourth-order valence-electron chi connectivity index (χ4n) is 4.34. The highest BCUT2D eigenvalue weighted by Gasteiger charge is 2.34. The van der Waals surface area contributed by atoms with Gasteiger partial charge in [0.25, 0.3) is 0 Å². The molecule has 0 radical (unpaired) electrons. The van der Waals surface area contributed by atoms with E-state index in [9.17, 15) is 8.42 Å². The largest absolute Gasteiger partial charge is 0.360 e. The van der Waals surface area contributed by atoms with Crippen LogP contribution in [0.3, 0.4) is 0 Å². The van der Waals surface area contributed by atoms with E-state index in [-0.39, 0.29) is 10.2 Å². The zero-order valence-electron chi connectivity index (χ0n) is 16.5. The molecule has 0 aliphatic carbocycles. The molecule has 5 nitrogen and oxygen atoms in total. The SMILES string of the molecule is CCC(CC)(c1ccc2c(c1)NC(Cl)S2)c1c[nH]c2c(NS(C)(=O)=O)cccc12. The van der Waals surface area contributed by atoms with Gasteiger partial charge in [-0.3, -0.25) is 4.72 Å². The first kappa shape index (κ1) is 20.4. The molecule has 154 valence electrons. The van der Waals surface area contributed by atoms with Gasteiger partial charge in [0.05, 0.1) is 17.5 Å². The Kier molecular flexibility index (Phi) is 5.25. The van der Waals surface area contributed by atoms with E-state index in [1.165, 1.54) is 11.1 Å². The Labute approximate surface area is 180 Å². The third kappa shape index (κ3) is 3.60. The van der Waals surface area contributed by atoms with Gasteiger partial charge in [0.15, 0.2) is 4.83 Å². The monoisotopic (exact) mass is 449 g/mol. The molecule has 1 unspecified atom stereocenters. The summed E-state index contributed by atoms with van der Waals surface area (Å²) in [6.07, 6.45) is 5.01. The number of hydrogen-bond donors (Lipinski definition) is 3. The van der Waals surface area contributed by atoms with Crippen molar-refractivity contribution in [1.82, 2.24) is 4.98 Å². The van der Waals surface area contributed by atoms with Crippen LogP contribution in [-0.2, 0) is 15.4 Å². The van der Waals surface area contributed by atoms with Gasteiger partial charge in [0.2, 0.25) is 10.0 Å². The van der Waals surface area contributed by atoms with Crippen LogP contribution in [0.2, 0.25) is 0 Å². The number of benzene rings is 2. The second-order valence-corrected chi connectivity index (χ2v) is 11.0. The average Bonchev–Trinajstić information content (AvgIpc) is 3.26. The molecule has 1 aliphatic rings. The molecule has 3 aromatic rings. The molecule has 1 aromatic heterocycles. The van der Waals surface area contributed by atoms with E-state index < -0.39 is 10.0 Å². The van der Waals surface area contributed by atoms with Crippen molar-refractivity contribution in [1.29, 1.82) is 0 Å². The number of anilines is 2. The van der Waals surface area contributed by atoms with Crippen molar-refractivity contribution in [3.05, 3.63) is 53.7 Å². The lowest BCUT2D eigenvalue weighted by Gasteiger charge is -2.33. The van der Waals surface area contributed by atoms with Crippen LogP contribution in [0, 0.1) is 0 Å². The number of nitrogens with one attached hydrogen (secondary N) is 3. The fraction of sp³-hybridized carbons (Fsp3) is 0.333. The van der Waals surface area contributed by atoms with Gasteiger partial charge in [-0.15, -0.1) is 0 Å².